The van der Waals surface area contributed by atoms with E-state index in [-0.39, 0.29) is 11.6 Å². The maximum absolute atomic E-state index is 12.3. The number of ether oxygens (including phenoxy) is 1. The van der Waals surface area contributed by atoms with Gasteiger partial charge in [0.15, 0.2) is 5.69 Å². The number of rotatable bonds is 6. The SMILES string of the molecule is CCc1ccc(-n2cc(C(=O)NCc3cccc(OC)c3)nn2)cc1. The number of aryl methyl sites for hydroxylation is 1. The Kier molecular flexibility index (Phi) is 5.09. The van der Waals surface area contributed by atoms with Gasteiger partial charge in [-0.3, -0.25) is 4.79 Å². The van der Waals surface area contributed by atoms with E-state index >= 15 is 0 Å². The molecule has 0 bridgehead atoms. The van der Waals surface area contributed by atoms with E-state index in [0.717, 1.165) is 23.4 Å². The van der Waals surface area contributed by atoms with E-state index in [1.807, 2.05) is 48.5 Å². The number of hydrogen-bond donors (Lipinski definition) is 1. The molecule has 0 aliphatic heterocycles. The Hall–Kier alpha value is -3.15. The molecule has 3 rings (SSSR count). The molecule has 128 valence electrons. The fourth-order valence-electron chi connectivity index (χ4n) is 2.43. The van der Waals surface area contributed by atoms with Crippen molar-refractivity contribution in [3.8, 4) is 11.4 Å². The summed E-state index contributed by atoms with van der Waals surface area (Å²) < 4.78 is 6.77. The van der Waals surface area contributed by atoms with Crippen LogP contribution in [0.25, 0.3) is 5.69 Å². The number of methoxy groups -OCH3 is 1. The van der Waals surface area contributed by atoms with E-state index in [4.69, 9.17) is 4.74 Å². The van der Waals surface area contributed by atoms with E-state index in [0.29, 0.717) is 6.54 Å². The quantitative estimate of drug-likeness (QED) is 0.751. The van der Waals surface area contributed by atoms with Gasteiger partial charge in [0.05, 0.1) is 19.0 Å². The molecule has 6 nitrogen and oxygen atoms in total. The maximum atomic E-state index is 12.3. The van der Waals surface area contributed by atoms with Crippen LogP contribution in [0.1, 0.15) is 28.5 Å². The summed E-state index contributed by atoms with van der Waals surface area (Å²) in [5, 5.41) is 10.8. The van der Waals surface area contributed by atoms with Crippen molar-refractivity contribution >= 4 is 5.91 Å². The lowest BCUT2D eigenvalue weighted by molar-refractivity contribution is 0.0946. The van der Waals surface area contributed by atoms with Crippen LogP contribution >= 0.6 is 0 Å². The van der Waals surface area contributed by atoms with Crippen LogP contribution in [-0.4, -0.2) is 28.0 Å². The maximum Gasteiger partial charge on any atom is 0.273 e. The smallest absolute Gasteiger partial charge is 0.273 e. The average molecular weight is 336 g/mol. The Balaban J connectivity index is 1.65. The first-order valence-electron chi connectivity index (χ1n) is 8.12. The van der Waals surface area contributed by atoms with Gasteiger partial charge >= 0.3 is 0 Å². The molecule has 0 fully saturated rings. The lowest BCUT2D eigenvalue weighted by Crippen LogP contribution is -2.23. The van der Waals surface area contributed by atoms with Gasteiger partial charge in [0.25, 0.3) is 5.91 Å². The molecule has 0 unspecified atom stereocenters. The Morgan fingerprint density at radius 2 is 1.96 bits per heavy atom. The van der Waals surface area contributed by atoms with Crippen molar-refractivity contribution < 1.29 is 9.53 Å². The highest BCUT2D eigenvalue weighted by molar-refractivity contribution is 5.91. The van der Waals surface area contributed by atoms with Crippen molar-refractivity contribution in [1.82, 2.24) is 20.3 Å². The number of hydrogen-bond acceptors (Lipinski definition) is 4. The highest BCUT2D eigenvalue weighted by Gasteiger charge is 2.11. The first-order chi connectivity index (χ1) is 12.2. The zero-order chi connectivity index (χ0) is 17.6. The number of benzene rings is 2. The standard InChI is InChI=1S/C19H20N4O2/c1-3-14-7-9-16(10-8-14)23-13-18(21-22-23)19(24)20-12-15-5-4-6-17(11-15)25-2/h4-11,13H,3,12H2,1-2H3,(H,20,24). The highest BCUT2D eigenvalue weighted by atomic mass is 16.5. The molecule has 0 saturated carbocycles. The number of aromatic nitrogens is 3. The van der Waals surface area contributed by atoms with Gasteiger partial charge in [0.1, 0.15) is 5.75 Å². The molecule has 0 atom stereocenters. The van der Waals surface area contributed by atoms with Gasteiger partial charge < -0.3 is 10.1 Å². The molecule has 0 spiro atoms. The number of carbonyl (C=O) groups is 1. The van der Waals surface area contributed by atoms with Gasteiger partial charge in [-0.05, 0) is 41.8 Å². The first kappa shape index (κ1) is 16.7. The normalized spacial score (nSPS) is 10.5. The number of carbonyl (C=O) groups excluding carboxylic acids is 1. The minimum Gasteiger partial charge on any atom is -0.497 e. The Morgan fingerprint density at radius 3 is 2.68 bits per heavy atom. The highest BCUT2D eigenvalue weighted by Crippen LogP contribution is 2.13. The monoisotopic (exact) mass is 336 g/mol. The molecule has 6 heteroatoms. The van der Waals surface area contributed by atoms with Crippen molar-refractivity contribution in [2.45, 2.75) is 19.9 Å². The van der Waals surface area contributed by atoms with Crippen LogP contribution < -0.4 is 10.1 Å². The molecular weight excluding hydrogens is 316 g/mol. The Labute approximate surface area is 146 Å². The second kappa shape index (κ2) is 7.61. The second-order valence-electron chi connectivity index (χ2n) is 5.60. The Morgan fingerprint density at radius 1 is 1.16 bits per heavy atom. The van der Waals surface area contributed by atoms with Gasteiger partial charge in [0.2, 0.25) is 0 Å². The summed E-state index contributed by atoms with van der Waals surface area (Å²) in [6.07, 6.45) is 2.61. The second-order valence-corrected chi connectivity index (χ2v) is 5.60. The summed E-state index contributed by atoms with van der Waals surface area (Å²) >= 11 is 0. The molecule has 1 N–H and O–H groups in total. The van der Waals surface area contributed by atoms with Gasteiger partial charge in [0, 0.05) is 6.54 Å². The summed E-state index contributed by atoms with van der Waals surface area (Å²) in [6, 6.07) is 15.6. The van der Waals surface area contributed by atoms with Crippen LogP contribution in [0, 0.1) is 0 Å². The first-order valence-corrected chi connectivity index (χ1v) is 8.12. The summed E-state index contributed by atoms with van der Waals surface area (Å²) in [6.45, 7) is 2.50. The zero-order valence-corrected chi connectivity index (χ0v) is 14.3. The van der Waals surface area contributed by atoms with Crippen LogP contribution in [-0.2, 0) is 13.0 Å². The van der Waals surface area contributed by atoms with E-state index < -0.39 is 0 Å². The molecule has 1 heterocycles. The minimum atomic E-state index is -0.265. The molecule has 0 aliphatic rings. The van der Waals surface area contributed by atoms with Gasteiger partial charge in [-0.2, -0.15) is 0 Å². The van der Waals surface area contributed by atoms with Crippen molar-refractivity contribution in [1.29, 1.82) is 0 Å². The third-order valence-electron chi connectivity index (χ3n) is 3.92. The van der Waals surface area contributed by atoms with Crippen LogP contribution in [0.2, 0.25) is 0 Å². The fraction of sp³-hybridized carbons (Fsp3) is 0.211. The summed E-state index contributed by atoms with van der Waals surface area (Å²) in [4.78, 5) is 12.3. The van der Waals surface area contributed by atoms with Gasteiger partial charge in [-0.25, -0.2) is 4.68 Å². The molecule has 0 radical (unpaired) electrons. The van der Waals surface area contributed by atoms with Crippen LogP contribution in [0.15, 0.2) is 54.7 Å². The molecule has 3 aromatic rings. The van der Waals surface area contributed by atoms with Crippen molar-refractivity contribution in [2.75, 3.05) is 7.11 Å². The van der Waals surface area contributed by atoms with Crippen molar-refractivity contribution in [2.24, 2.45) is 0 Å². The van der Waals surface area contributed by atoms with Gasteiger partial charge in [-0.15, -0.1) is 5.10 Å². The fourth-order valence-corrected chi connectivity index (χ4v) is 2.43. The van der Waals surface area contributed by atoms with Crippen LogP contribution in [0.5, 0.6) is 5.75 Å². The summed E-state index contributed by atoms with van der Waals surface area (Å²) in [7, 11) is 1.61. The van der Waals surface area contributed by atoms with Crippen molar-refractivity contribution in [3.63, 3.8) is 0 Å². The topological polar surface area (TPSA) is 69.0 Å². The molecular formula is C19H20N4O2. The van der Waals surface area contributed by atoms with E-state index in [1.165, 1.54) is 5.56 Å². The molecule has 25 heavy (non-hydrogen) atoms. The minimum absolute atomic E-state index is 0.265. The molecule has 1 amide bonds. The molecule has 0 aliphatic carbocycles. The zero-order valence-electron chi connectivity index (χ0n) is 14.3. The molecule has 2 aromatic carbocycles. The lowest BCUT2D eigenvalue weighted by atomic mass is 10.1. The predicted octanol–water partition coefficient (Wildman–Crippen LogP) is 2.77. The van der Waals surface area contributed by atoms with E-state index in [9.17, 15) is 4.79 Å². The van der Waals surface area contributed by atoms with E-state index in [2.05, 4.69) is 22.6 Å². The summed E-state index contributed by atoms with van der Waals surface area (Å²) in [5.74, 6) is 0.493. The number of nitrogens with one attached hydrogen (secondary N) is 1. The Bertz CT molecular complexity index is 856. The number of nitrogens with zero attached hydrogens (tertiary/aromatic N) is 3. The number of amides is 1. The molecule has 1 aromatic heterocycles. The van der Waals surface area contributed by atoms with Crippen LogP contribution in [0.3, 0.4) is 0 Å². The molecule has 0 saturated heterocycles. The summed E-state index contributed by atoms with van der Waals surface area (Å²) in [5.41, 5.74) is 3.36. The van der Waals surface area contributed by atoms with E-state index in [1.54, 1.807) is 18.0 Å². The predicted molar refractivity (Wildman–Crippen MR) is 94.9 cm³/mol. The largest absolute Gasteiger partial charge is 0.497 e. The van der Waals surface area contributed by atoms with Crippen molar-refractivity contribution in [3.05, 3.63) is 71.5 Å². The third kappa shape index (κ3) is 4.03. The average Bonchev–Trinajstić information content (AvgIpc) is 3.16. The van der Waals surface area contributed by atoms with Crippen LogP contribution in [0.4, 0.5) is 0 Å². The van der Waals surface area contributed by atoms with Gasteiger partial charge in [-0.1, -0.05) is 36.4 Å². The third-order valence-corrected chi connectivity index (χ3v) is 3.92. The lowest BCUT2D eigenvalue weighted by Gasteiger charge is -2.05.